The maximum atomic E-state index is 13.1. The van der Waals surface area contributed by atoms with Gasteiger partial charge in [-0.2, -0.15) is 8.78 Å². The third-order valence-corrected chi connectivity index (χ3v) is 5.59. The van der Waals surface area contributed by atoms with Crippen LogP contribution in [-0.4, -0.2) is 53.2 Å². The number of rotatable bonds is 8. The van der Waals surface area contributed by atoms with Crippen molar-refractivity contribution in [1.82, 2.24) is 15.2 Å². The molecule has 1 aromatic heterocycles. The molecule has 11 heteroatoms. The van der Waals surface area contributed by atoms with E-state index in [0.717, 1.165) is 18.4 Å². The molecule has 1 saturated carbocycles. The van der Waals surface area contributed by atoms with Crippen molar-refractivity contribution in [3.63, 3.8) is 0 Å². The molecule has 2 amide bonds. The summed E-state index contributed by atoms with van der Waals surface area (Å²) in [5.74, 6) is -4.21. The molecule has 0 spiro atoms. The lowest BCUT2D eigenvalue weighted by Gasteiger charge is -2.28. The van der Waals surface area contributed by atoms with E-state index < -0.39 is 19.0 Å². The van der Waals surface area contributed by atoms with Crippen LogP contribution in [0.5, 0.6) is 0 Å². The Bertz CT molecular complexity index is 991. The average molecular weight is 454 g/mol. The van der Waals surface area contributed by atoms with E-state index in [-0.39, 0.29) is 42.7 Å². The first kappa shape index (κ1) is 22.1. The molecular weight excluding hydrogens is 432 g/mol. The van der Waals surface area contributed by atoms with Crippen LogP contribution in [0, 0.1) is 5.92 Å². The Morgan fingerprint density at radius 3 is 2.78 bits per heavy atom. The number of allylic oxidation sites excluding steroid dienone is 2. The molecule has 1 aliphatic carbocycles. The van der Waals surface area contributed by atoms with Crippen molar-refractivity contribution >= 4 is 17.6 Å². The Hall–Kier alpha value is -3.11. The standard InChI is InChI=1S/C21H22F4N4O3/c1-11-13(4-5-16(27-11)32-10-21(24,25)20(22)23)8-29-9-15-14(19(29)31)6-7-26-17(15)28-18(30)12-2-3-12/h4-7,11-12,20,27H,2-3,8-10H2,1H3,(H,26,28,30). The molecule has 0 aromatic carbocycles. The van der Waals surface area contributed by atoms with Crippen molar-refractivity contribution in [1.29, 1.82) is 0 Å². The molecule has 4 rings (SSSR count). The van der Waals surface area contributed by atoms with Gasteiger partial charge in [-0.3, -0.25) is 9.59 Å². The van der Waals surface area contributed by atoms with Gasteiger partial charge in [0.15, 0.2) is 12.5 Å². The average Bonchev–Trinajstić information content (AvgIpc) is 3.54. The van der Waals surface area contributed by atoms with E-state index in [1.54, 1.807) is 24.0 Å². The molecule has 0 saturated heterocycles. The Balaban J connectivity index is 1.41. The summed E-state index contributed by atoms with van der Waals surface area (Å²) >= 11 is 0. The van der Waals surface area contributed by atoms with Crippen LogP contribution in [0.1, 0.15) is 35.7 Å². The van der Waals surface area contributed by atoms with Crippen molar-refractivity contribution in [2.45, 2.75) is 44.7 Å². The molecule has 2 aliphatic heterocycles. The lowest BCUT2D eigenvalue weighted by Crippen LogP contribution is -2.39. The van der Waals surface area contributed by atoms with Gasteiger partial charge >= 0.3 is 12.3 Å². The van der Waals surface area contributed by atoms with Gasteiger partial charge in [-0.15, -0.1) is 0 Å². The number of amides is 2. The van der Waals surface area contributed by atoms with Gasteiger partial charge in [-0.1, -0.05) is 6.08 Å². The molecule has 172 valence electrons. The Morgan fingerprint density at radius 1 is 1.38 bits per heavy atom. The summed E-state index contributed by atoms with van der Waals surface area (Å²) in [5, 5.41) is 5.63. The zero-order valence-corrected chi connectivity index (χ0v) is 17.2. The maximum absolute atomic E-state index is 13.1. The highest BCUT2D eigenvalue weighted by atomic mass is 19.3. The molecule has 1 aromatic rings. The predicted octanol–water partition coefficient (Wildman–Crippen LogP) is 3.06. The summed E-state index contributed by atoms with van der Waals surface area (Å²) in [6.07, 6.45) is 2.35. The van der Waals surface area contributed by atoms with Crippen LogP contribution in [0.3, 0.4) is 0 Å². The van der Waals surface area contributed by atoms with Gasteiger partial charge in [0.2, 0.25) is 5.91 Å². The van der Waals surface area contributed by atoms with Crippen molar-refractivity contribution < 1.29 is 31.9 Å². The van der Waals surface area contributed by atoms with Crippen LogP contribution in [0.2, 0.25) is 0 Å². The zero-order valence-electron chi connectivity index (χ0n) is 17.2. The SMILES string of the molecule is CC1NC(OCC(F)(F)C(F)F)=CC=C1CN1Cc2c(ccnc2NC(=O)C2CC2)C1=O. The smallest absolute Gasteiger partial charge is 0.340 e. The fraction of sp³-hybridized carbons (Fsp3) is 0.476. The van der Waals surface area contributed by atoms with E-state index in [1.807, 2.05) is 0 Å². The summed E-state index contributed by atoms with van der Waals surface area (Å²) < 4.78 is 55.5. The van der Waals surface area contributed by atoms with E-state index in [9.17, 15) is 27.2 Å². The van der Waals surface area contributed by atoms with Crippen LogP contribution in [0.4, 0.5) is 23.4 Å². The number of alkyl halides is 4. The van der Waals surface area contributed by atoms with Crippen molar-refractivity contribution in [3.05, 3.63) is 47.0 Å². The zero-order chi connectivity index (χ0) is 23.0. The third kappa shape index (κ3) is 4.56. The minimum Gasteiger partial charge on any atom is -0.473 e. The molecule has 1 unspecified atom stereocenters. The van der Waals surface area contributed by atoms with Crippen molar-refractivity contribution in [2.75, 3.05) is 18.5 Å². The fourth-order valence-electron chi connectivity index (χ4n) is 3.50. The molecular formula is C21H22F4N4O3. The van der Waals surface area contributed by atoms with Gasteiger partial charge < -0.3 is 20.3 Å². The minimum absolute atomic E-state index is 0.00373. The highest BCUT2D eigenvalue weighted by molar-refractivity contribution is 6.02. The largest absolute Gasteiger partial charge is 0.473 e. The molecule has 7 nitrogen and oxygen atoms in total. The van der Waals surface area contributed by atoms with Gasteiger partial charge in [0.25, 0.3) is 5.91 Å². The van der Waals surface area contributed by atoms with Crippen molar-refractivity contribution in [2.24, 2.45) is 5.92 Å². The summed E-state index contributed by atoms with van der Waals surface area (Å²) in [6.45, 7) is 0.806. The number of nitrogens with one attached hydrogen (secondary N) is 2. The highest BCUT2D eigenvalue weighted by Crippen LogP contribution is 2.33. The van der Waals surface area contributed by atoms with Crippen molar-refractivity contribution in [3.8, 4) is 0 Å². The fourth-order valence-corrected chi connectivity index (χ4v) is 3.50. The van der Waals surface area contributed by atoms with Crippen LogP contribution < -0.4 is 10.6 Å². The lowest BCUT2D eigenvalue weighted by atomic mass is 10.1. The molecule has 1 atom stereocenters. The second-order valence-electron chi connectivity index (χ2n) is 8.10. The third-order valence-electron chi connectivity index (χ3n) is 5.59. The Kier molecular flexibility index (Phi) is 5.83. The number of aromatic nitrogens is 1. The van der Waals surface area contributed by atoms with E-state index >= 15 is 0 Å². The molecule has 3 heterocycles. The quantitative estimate of drug-likeness (QED) is 0.590. The van der Waals surface area contributed by atoms with Crippen LogP contribution >= 0.6 is 0 Å². The summed E-state index contributed by atoms with van der Waals surface area (Å²) in [5.41, 5.74) is 1.89. The molecule has 0 bridgehead atoms. The van der Waals surface area contributed by atoms with E-state index in [4.69, 9.17) is 4.74 Å². The van der Waals surface area contributed by atoms with Gasteiger partial charge in [0, 0.05) is 35.8 Å². The first-order chi connectivity index (χ1) is 15.2. The first-order valence-corrected chi connectivity index (χ1v) is 10.2. The van der Waals surface area contributed by atoms with Crippen LogP contribution in [0.25, 0.3) is 0 Å². The monoisotopic (exact) mass is 454 g/mol. The number of halogens is 4. The van der Waals surface area contributed by atoms with E-state index in [2.05, 4.69) is 15.6 Å². The highest BCUT2D eigenvalue weighted by Gasteiger charge is 2.42. The number of carbonyl (C=O) groups is 2. The molecule has 0 radical (unpaired) electrons. The molecule has 2 N–H and O–H groups in total. The molecule has 1 fully saturated rings. The van der Waals surface area contributed by atoms with E-state index in [0.29, 0.717) is 16.9 Å². The van der Waals surface area contributed by atoms with Gasteiger partial charge in [0.05, 0.1) is 6.54 Å². The first-order valence-electron chi connectivity index (χ1n) is 10.2. The number of dihydropyridines is 1. The molecule has 3 aliphatic rings. The maximum Gasteiger partial charge on any atom is 0.340 e. The number of pyridine rings is 1. The summed E-state index contributed by atoms with van der Waals surface area (Å²) in [7, 11) is 0. The number of nitrogens with zero attached hydrogens (tertiary/aromatic N) is 2. The number of anilines is 1. The topological polar surface area (TPSA) is 83.6 Å². The predicted molar refractivity (Wildman–Crippen MR) is 106 cm³/mol. The normalized spacial score (nSPS) is 20.5. The second kappa shape index (κ2) is 8.44. The Morgan fingerprint density at radius 2 is 2.12 bits per heavy atom. The number of fused-ring (bicyclic) bond motifs is 1. The lowest BCUT2D eigenvalue weighted by molar-refractivity contribution is -0.159. The van der Waals surface area contributed by atoms with Gasteiger partial charge in [-0.25, -0.2) is 13.8 Å². The molecule has 32 heavy (non-hydrogen) atoms. The number of ether oxygens (including phenoxy) is 1. The van der Waals surface area contributed by atoms with E-state index in [1.165, 1.54) is 12.3 Å². The van der Waals surface area contributed by atoms with Gasteiger partial charge in [0.1, 0.15) is 5.82 Å². The minimum atomic E-state index is -4.25. The Labute approximate surface area is 181 Å². The summed E-state index contributed by atoms with van der Waals surface area (Å²) in [4.78, 5) is 30.8. The van der Waals surface area contributed by atoms with Gasteiger partial charge in [-0.05, 0) is 37.5 Å². The van der Waals surface area contributed by atoms with Crippen LogP contribution in [0.15, 0.2) is 35.9 Å². The number of hydrogen-bond donors (Lipinski definition) is 2. The van der Waals surface area contributed by atoms with Crippen LogP contribution in [-0.2, 0) is 16.1 Å². The number of hydrogen-bond acceptors (Lipinski definition) is 5. The second-order valence-corrected chi connectivity index (χ2v) is 8.10. The number of carbonyl (C=O) groups excluding carboxylic acids is 2. The summed E-state index contributed by atoms with van der Waals surface area (Å²) in [6, 6.07) is 1.23.